The number of likely N-dealkylation sites (tertiary alicyclic amines) is 1. The van der Waals surface area contributed by atoms with E-state index in [1.54, 1.807) is 6.07 Å². The molecule has 0 spiro atoms. The number of β-amino-alcohol motifs (C(OH)–C–C–N with tert-alkyl or cyclic N) is 1. The van der Waals surface area contributed by atoms with Crippen LogP contribution in [-0.4, -0.2) is 42.2 Å². The molecule has 0 aliphatic carbocycles. The lowest BCUT2D eigenvalue weighted by molar-refractivity contribution is 0.0470. The molecule has 1 heterocycles. The van der Waals surface area contributed by atoms with E-state index in [1.165, 1.54) is 24.1 Å². The van der Waals surface area contributed by atoms with Gasteiger partial charge in [-0.05, 0) is 25.0 Å². The van der Waals surface area contributed by atoms with E-state index in [4.69, 9.17) is 4.74 Å². The number of benzene rings is 1. The summed E-state index contributed by atoms with van der Waals surface area (Å²) in [5.74, 6) is -0.601. The van der Waals surface area contributed by atoms with Crippen LogP contribution in [0.2, 0.25) is 0 Å². The molecule has 0 saturated carbocycles. The maximum absolute atomic E-state index is 13.7. The number of piperidine rings is 1. The number of methoxy groups -OCH3 is 1. The lowest BCUT2D eigenvalue weighted by Gasteiger charge is -2.30. The second-order valence-electron chi connectivity index (χ2n) is 4.39. The molecule has 1 fully saturated rings. The van der Waals surface area contributed by atoms with Gasteiger partial charge in [0.25, 0.3) is 5.91 Å². The van der Waals surface area contributed by atoms with E-state index in [1.807, 2.05) is 0 Å². The predicted octanol–water partition coefficient (Wildman–Crippen LogP) is 1.43. The Morgan fingerprint density at radius 3 is 2.94 bits per heavy atom. The minimum atomic E-state index is -0.598. The highest BCUT2D eigenvalue weighted by Gasteiger charge is 2.24. The molecule has 4 nitrogen and oxygen atoms in total. The molecule has 98 valence electrons. The van der Waals surface area contributed by atoms with Gasteiger partial charge in [0.15, 0.2) is 0 Å². The SMILES string of the molecule is COc1ccc(C(=O)N2CCCC(O)C2)c(F)c1. The average molecular weight is 253 g/mol. The van der Waals surface area contributed by atoms with E-state index in [0.29, 0.717) is 18.7 Å². The van der Waals surface area contributed by atoms with E-state index >= 15 is 0 Å². The van der Waals surface area contributed by atoms with Crippen molar-refractivity contribution < 1.29 is 19.0 Å². The molecule has 1 aromatic rings. The first-order chi connectivity index (χ1) is 8.61. The zero-order valence-electron chi connectivity index (χ0n) is 10.2. The van der Waals surface area contributed by atoms with Crippen LogP contribution in [0, 0.1) is 5.82 Å². The summed E-state index contributed by atoms with van der Waals surface area (Å²) in [6, 6.07) is 4.15. The van der Waals surface area contributed by atoms with Crippen molar-refractivity contribution in [2.45, 2.75) is 18.9 Å². The van der Waals surface area contributed by atoms with E-state index < -0.39 is 11.9 Å². The smallest absolute Gasteiger partial charge is 0.256 e. The molecule has 1 aromatic carbocycles. The molecule has 0 radical (unpaired) electrons. The van der Waals surface area contributed by atoms with Crippen molar-refractivity contribution in [1.82, 2.24) is 4.90 Å². The highest BCUT2D eigenvalue weighted by molar-refractivity contribution is 5.94. The number of halogens is 1. The molecular weight excluding hydrogens is 237 g/mol. The number of hydrogen-bond donors (Lipinski definition) is 1. The lowest BCUT2D eigenvalue weighted by atomic mass is 10.1. The Morgan fingerprint density at radius 1 is 1.56 bits per heavy atom. The van der Waals surface area contributed by atoms with Crippen molar-refractivity contribution in [3.8, 4) is 5.75 Å². The molecule has 1 amide bonds. The molecular formula is C13H16FNO3. The minimum absolute atomic E-state index is 0.0184. The number of aliphatic hydroxyl groups is 1. The van der Waals surface area contributed by atoms with Gasteiger partial charge in [0, 0.05) is 19.2 Å². The fourth-order valence-corrected chi connectivity index (χ4v) is 2.11. The second-order valence-corrected chi connectivity index (χ2v) is 4.39. The predicted molar refractivity (Wildman–Crippen MR) is 64.1 cm³/mol. The summed E-state index contributed by atoms with van der Waals surface area (Å²) >= 11 is 0. The lowest BCUT2D eigenvalue weighted by Crippen LogP contribution is -2.42. The summed E-state index contributed by atoms with van der Waals surface area (Å²) < 4.78 is 18.6. The summed E-state index contributed by atoms with van der Waals surface area (Å²) in [6.45, 7) is 0.825. The quantitative estimate of drug-likeness (QED) is 0.867. The first-order valence-electron chi connectivity index (χ1n) is 5.92. The largest absolute Gasteiger partial charge is 0.497 e. The van der Waals surface area contributed by atoms with Crippen LogP contribution in [0.1, 0.15) is 23.2 Å². The van der Waals surface area contributed by atoms with Gasteiger partial charge in [0.05, 0.1) is 18.8 Å². The Kier molecular flexibility index (Phi) is 3.81. The zero-order chi connectivity index (χ0) is 13.1. The third-order valence-corrected chi connectivity index (χ3v) is 3.09. The van der Waals surface area contributed by atoms with Crippen LogP contribution in [0.3, 0.4) is 0 Å². The van der Waals surface area contributed by atoms with Crippen LogP contribution in [0.25, 0.3) is 0 Å². The molecule has 2 rings (SSSR count). The summed E-state index contributed by atoms with van der Waals surface area (Å²) in [5, 5.41) is 9.52. The molecule has 1 aliphatic heterocycles. The van der Waals surface area contributed by atoms with Gasteiger partial charge in [-0.25, -0.2) is 4.39 Å². The van der Waals surface area contributed by atoms with Gasteiger partial charge in [-0.15, -0.1) is 0 Å². The van der Waals surface area contributed by atoms with Crippen LogP contribution in [0.4, 0.5) is 4.39 Å². The topological polar surface area (TPSA) is 49.8 Å². The van der Waals surface area contributed by atoms with Gasteiger partial charge < -0.3 is 14.7 Å². The van der Waals surface area contributed by atoms with E-state index in [9.17, 15) is 14.3 Å². The summed E-state index contributed by atoms with van der Waals surface area (Å²) in [7, 11) is 1.44. The van der Waals surface area contributed by atoms with Crippen molar-refractivity contribution in [2.24, 2.45) is 0 Å². The molecule has 1 N–H and O–H groups in total. The maximum atomic E-state index is 13.7. The van der Waals surface area contributed by atoms with E-state index in [-0.39, 0.29) is 18.0 Å². The Hall–Kier alpha value is -1.62. The summed E-state index contributed by atoms with van der Waals surface area (Å²) in [5.41, 5.74) is 0.0184. The number of hydrogen-bond acceptors (Lipinski definition) is 3. The molecule has 0 aromatic heterocycles. The number of nitrogens with zero attached hydrogens (tertiary/aromatic N) is 1. The van der Waals surface area contributed by atoms with Gasteiger partial charge in [0.2, 0.25) is 0 Å². The average Bonchev–Trinajstić information content (AvgIpc) is 2.37. The number of ether oxygens (including phenoxy) is 1. The number of aliphatic hydroxyl groups excluding tert-OH is 1. The number of rotatable bonds is 2. The summed E-state index contributed by atoms with van der Waals surface area (Å²) in [6.07, 6.45) is 0.920. The van der Waals surface area contributed by atoms with Crippen LogP contribution in [0.5, 0.6) is 5.75 Å². The first-order valence-corrected chi connectivity index (χ1v) is 5.92. The molecule has 18 heavy (non-hydrogen) atoms. The second kappa shape index (κ2) is 5.35. The Labute approximate surface area is 105 Å². The molecule has 1 saturated heterocycles. The first kappa shape index (κ1) is 12.8. The van der Waals surface area contributed by atoms with Gasteiger partial charge in [0.1, 0.15) is 11.6 Å². The van der Waals surface area contributed by atoms with Crippen LogP contribution >= 0.6 is 0 Å². The van der Waals surface area contributed by atoms with Gasteiger partial charge >= 0.3 is 0 Å². The van der Waals surface area contributed by atoms with E-state index in [0.717, 1.165) is 6.42 Å². The monoisotopic (exact) mass is 253 g/mol. The molecule has 5 heteroatoms. The number of amides is 1. The van der Waals surface area contributed by atoms with Crippen LogP contribution in [-0.2, 0) is 0 Å². The normalized spacial score (nSPS) is 19.7. The van der Waals surface area contributed by atoms with Crippen LogP contribution < -0.4 is 4.74 Å². The Balaban J connectivity index is 2.17. The third kappa shape index (κ3) is 2.61. The fourth-order valence-electron chi connectivity index (χ4n) is 2.11. The standard InChI is InChI=1S/C13H16FNO3/c1-18-10-4-5-11(12(14)7-10)13(17)15-6-2-3-9(16)8-15/h4-5,7,9,16H,2-3,6,8H2,1H3. The Bertz CT molecular complexity index is 450. The van der Waals surface area contributed by atoms with Gasteiger partial charge in [-0.2, -0.15) is 0 Å². The zero-order valence-corrected chi connectivity index (χ0v) is 10.2. The molecule has 0 bridgehead atoms. The summed E-state index contributed by atoms with van der Waals surface area (Å²) in [4.78, 5) is 13.6. The van der Waals surface area contributed by atoms with Crippen molar-refractivity contribution in [3.63, 3.8) is 0 Å². The number of carbonyl (C=O) groups excluding carboxylic acids is 1. The van der Waals surface area contributed by atoms with Crippen molar-refractivity contribution in [1.29, 1.82) is 0 Å². The molecule has 1 aliphatic rings. The fraction of sp³-hybridized carbons (Fsp3) is 0.462. The van der Waals surface area contributed by atoms with Crippen LogP contribution in [0.15, 0.2) is 18.2 Å². The minimum Gasteiger partial charge on any atom is -0.497 e. The van der Waals surface area contributed by atoms with Crippen molar-refractivity contribution in [3.05, 3.63) is 29.6 Å². The highest BCUT2D eigenvalue weighted by atomic mass is 19.1. The Morgan fingerprint density at radius 2 is 2.33 bits per heavy atom. The number of carbonyl (C=O) groups is 1. The molecule has 1 atom stereocenters. The van der Waals surface area contributed by atoms with Gasteiger partial charge in [-0.3, -0.25) is 4.79 Å². The van der Waals surface area contributed by atoms with E-state index in [2.05, 4.69) is 0 Å². The highest BCUT2D eigenvalue weighted by Crippen LogP contribution is 2.19. The molecule has 1 unspecified atom stereocenters. The third-order valence-electron chi connectivity index (χ3n) is 3.09. The van der Waals surface area contributed by atoms with Crippen molar-refractivity contribution in [2.75, 3.05) is 20.2 Å². The maximum Gasteiger partial charge on any atom is 0.256 e. The van der Waals surface area contributed by atoms with Crippen molar-refractivity contribution >= 4 is 5.91 Å². The van der Waals surface area contributed by atoms with Gasteiger partial charge in [-0.1, -0.05) is 0 Å².